The molecular weight excluding hydrogens is 216 g/mol. The van der Waals surface area contributed by atoms with Crippen LogP contribution in [0.5, 0.6) is 0 Å². The Labute approximate surface area is 101 Å². The van der Waals surface area contributed by atoms with Crippen LogP contribution >= 0.6 is 0 Å². The van der Waals surface area contributed by atoms with Gasteiger partial charge < -0.3 is 15.8 Å². The number of carbonyl (C=O) groups is 1. The van der Waals surface area contributed by atoms with Crippen molar-refractivity contribution >= 4 is 6.09 Å². The zero-order chi connectivity index (χ0) is 12.1. The standard InChI is InChI=1S/C13H18N2O2/c14-8-11-6-12(7-11)15-13(16)17-9-10-4-2-1-3-5-10/h1-5,11-12H,6-9,14H2,(H,15,16). The Hall–Kier alpha value is -1.55. The van der Waals surface area contributed by atoms with Gasteiger partial charge in [0.1, 0.15) is 6.61 Å². The van der Waals surface area contributed by atoms with E-state index in [1.807, 2.05) is 30.3 Å². The van der Waals surface area contributed by atoms with Gasteiger partial charge in [-0.2, -0.15) is 0 Å². The SMILES string of the molecule is NCC1CC(NC(=O)OCc2ccccc2)C1. The molecule has 0 spiro atoms. The number of benzene rings is 1. The summed E-state index contributed by atoms with van der Waals surface area (Å²) in [6, 6.07) is 9.89. The van der Waals surface area contributed by atoms with Gasteiger partial charge in [0.25, 0.3) is 0 Å². The average Bonchev–Trinajstić information content (AvgIpc) is 2.32. The van der Waals surface area contributed by atoms with Crippen LogP contribution in [0.15, 0.2) is 30.3 Å². The number of ether oxygens (including phenoxy) is 1. The number of rotatable bonds is 4. The van der Waals surface area contributed by atoms with E-state index in [9.17, 15) is 4.79 Å². The van der Waals surface area contributed by atoms with E-state index in [0.29, 0.717) is 19.1 Å². The minimum Gasteiger partial charge on any atom is -0.445 e. The third kappa shape index (κ3) is 3.46. The Morgan fingerprint density at radius 2 is 2.06 bits per heavy atom. The second kappa shape index (κ2) is 5.68. The largest absolute Gasteiger partial charge is 0.445 e. The molecule has 1 aliphatic carbocycles. The zero-order valence-electron chi connectivity index (χ0n) is 9.76. The van der Waals surface area contributed by atoms with E-state index < -0.39 is 0 Å². The van der Waals surface area contributed by atoms with Crippen LogP contribution in [0.4, 0.5) is 4.79 Å². The quantitative estimate of drug-likeness (QED) is 0.832. The smallest absolute Gasteiger partial charge is 0.407 e. The Kier molecular flexibility index (Phi) is 3.98. The van der Waals surface area contributed by atoms with Gasteiger partial charge in [0, 0.05) is 6.04 Å². The summed E-state index contributed by atoms with van der Waals surface area (Å²) in [6.45, 7) is 1.02. The molecule has 0 aliphatic heterocycles. The molecule has 4 heteroatoms. The van der Waals surface area contributed by atoms with Crippen molar-refractivity contribution in [3.05, 3.63) is 35.9 Å². The Balaban J connectivity index is 1.65. The van der Waals surface area contributed by atoms with Crippen LogP contribution in [-0.4, -0.2) is 18.7 Å². The maximum atomic E-state index is 11.4. The van der Waals surface area contributed by atoms with Crippen LogP contribution in [-0.2, 0) is 11.3 Å². The highest BCUT2D eigenvalue weighted by Gasteiger charge is 2.29. The Morgan fingerprint density at radius 3 is 2.71 bits per heavy atom. The lowest BCUT2D eigenvalue weighted by molar-refractivity contribution is 0.122. The number of nitrogens with two attached hydrogens (primary N) is 1. The van der Waals surface area contributed by atoms with Gasteiger partial charge in [-0.25, -0.2) is 4.79 Å². The van der Waals surface area contributed by atoms with Crippen LogP contribution in [0, 0.1) is 5.92 Å². The van der Waals surface area contributed by atoms with Gasteiger partial charge in [0.15, 0.2) is 0 Å². The first kappa shape index (κ1) is 11.9. The number of amides is 1. The molecule has 0 unspecified atom stereocenters. The number of alkyl carbamates (subject to hydrolysis) is 1. The molecule has 1 amide bonds. The summed E-state index contributed by atoms with van der Waals surface area (Å²) in [4.78, 5) is 11.4. The molecule has 0 bridgehead atoms. The molecule has 0 saturated heterocycles. The molecule has 0 atom stereocenters. The molecule has 3 N–H and O–H groups in total. The third-order valence-corrected chi connectivity index (χ3v) is 3.10. The summed E-state index contributed by atoms with van der Waals surface area (Å²) >= 11 is 0. The van der Waals surface area contributed by atoms with Crippen molar-refractivity contribution in [2.45, 2.75) is 25.5 Å². The van der Waals surface area contributed by atoms with Crippen LogP contribution in [0.25, 0.3) is 0 Å². The van der Waals surface area contributed by atoms with Gasteiger partial charge in [-0.1, -0.05) is 30.3 Å². The zero-order valence-corrected chi connectivity index (χ0v) is 9.76. The summed E-state index contributed by atoms with van der Waals surface area (Å²) in [5.41, 5.74) is 6.51. The third-order valence-electron chi connectivity index (χ3n) is 3.10. The minimum absolute atomic E-state index is 0.242. The molecule has 4 nitrogen and oxygen atoms in total. The summed E-state index contributed by atoms with van der Waals surface area (Å²) < 4.78 is 5.12. The Morgan fingerprint density at radius 1 is 1.35 bits per heavy atom. The van der Waals surface area contributed by atoms with Crippen LogP contribution < -0.4 is 11.1 Å². The molecule has 1 aliphatic rings. The molecule has 0 aromatic heterocycles. The summed E-state index contributed by atoms with van der Waals surface area (Å²) in [6.07, 6.45) is 1.60. The molecule has 2 rings (SSSR count). The summed E-state index contributed by atoms with van der Waals surface area (Å²) in [7, 11) is 0. The van der Waals surface area contributed by atoms with E-state index in [1.165, 1.54) is 0 Å². The maximum absolute atomic E-state index is 11.4. The second-order valence-corrected chi connectivity index (χ2v) is 4.48. The highest BCUT2D eigenvalue weighted by Crippen LogP contribution is 2.25. The topological polar surface area (TPSA) is 64.3 Å². The molecular formula is C13H18N2O2. The predicted molar refractivity (Wildman–Crippen MR) is 65.3 cm³/mol. The van der Waals surface area contributed by atoms with Crippen molar-refractivity contribution < 1.29 is 9.53 Å². The van der Waals surface area contributed by atoms with E-state index >= 15 is 0 Å². The van der Waals surface area contributed by atoms with Gasteiger partial charge in [0.2, 0.25) is 0 Å². The summed E-state index contributed by atoms with van der Waals surface area (Å²) in [5, 5.41) is 2.83. The van der Waals surface area contributed by atoms with Gasteiger partial charge in [-0.05, 0) is 30.9 Å². The molecule has 1 aromatic carbocycles. The average molecular weight is 234 g/mol. The van der Waals surface area contributed by atoms with Crippen LogP contribution in [0.3, 0.4) is 0 Å². The molecule has 1 fully saturated rings. The van der Waals surface area contributed by atoms with Gasteiger partial charge >= 0.3 is 6.09 Å². The first-order valence-corrected chi connectivity index (χ1v) is 5.95. The highest BCUT2D eigenvalue weighted by molar-refractivity contribution is 5.67. The van der Waals surface area contributed by atoms with Gasteiger partial charge in [-0.15, -0.1) is 0 Å². The van der Waals surface area contributed by atoms with Crippen LogP contribution in [0.1, 0.15) is 18.4 Å². The lowest BCUT2D eigenvalue weighted by Gasteiger charge is -2.34. The summed E-state index contributed by atoms with van der Waals surface area (Å²) in [5.74, 6) is 0.564. The molecule has 92 valence electrons. The number of hydrogen-bond acceptors (Lipinski definition) is 3. The molecule has 1 aromatic rings. The fourth-order valence-corrected chi connectivity index (χ4v) is 1.98. The normalized spacial score (nSPS) is 22.6. The first-order valence-electron chi connectivity index (χ1n) is 5.95. The van der Waals surface area contributed by atoms with E-state index in [2.05, 4.69) is 5.32 Å². The fourth-order valence-electron chi connectivity index (χ4n) is 1.98. The monoisotopic (exact) mass is 234 g/mol. The van der Waals surface area contributed by atoms with Crippen LogP contribution in [0.2, 0.25) is 0 Å². The van der Waals surface area contributed by atoms with E-state index in [4.69, 9.17) is 10.5 Å². The van der Waals surface area contributed by atoms with Crippen molar-refractivity contribution in [3.63, 3.8) is 0 Å². The molecule has 0 radical (unpaired) electrons. The van der Waals surface area contributed by atoms with Gasteiger partial charge in [0.05, 0.1) is 0 Å². The Bertz CT molecular complexity index is 361. The van der Waals surface area contributed by atoms with Crippen molar-refractivity contribution in [1.29, 1.82) is 0 Å². The number of carbonyl (C=O) groups excluding carboxylic acids is 1. The lowest BCUT2D eigenvalue weighted by atomic mass is 9.80. The molecule has 17 heavy (non-hydrogen) atoms. The predicted octanol–water partition coefficient (Wildman–Crippen LogP) is 1.65. The van der Waals surface area contributed by atoms with Crippen molar-refractivity contribution in [2.75, 3.05) is 6.54 Å². The second-order valence-electron chi connectivity index (χ2n) is 4.48. The van der Waals surface area contributed by atoms with E-state index in [0.717, 1.165) is 18.4 Å². The van der Waals surface area contributed by atoms with Crippen molar-refractivity contribution in [2.24, 2.45) is 11.7 Å². The first-order chi connectivity index (χ1) is 8.28. The molecule has 1 saturated carbocycles. The van der Waals surface area contributed by atoms with E-state index in [-0.39, 0.29) is 12.1 Å². The van der Waals surface area contributed by atoms with Gasteiger partial charge in [-0.3, -0.25) is 0 Å². The highest BCUT2D eigenvalue weighted by atomic mass is 16.5. The van der Waals surface area contributed by atoms with E-state index in [1.54, 1.807) is 0 Å². The van der Waals surface area contributed by atoms with Crippen molar-refractivity contribution in [3.8, 4) is 0 Å². The van der Waals surface area contributed by atoms with Crippen molar-refractivity contribution in [1.82, 2.24) is 5.32 Å². The maximum Gasteiger partial charge on any atom is 0.407 e. The number of nitrogens with one attached hydrogen (secondary N) is 1. The minimum atomic E-state index is -0.339. The lowest BCUT2D eigenvalue weighted by Crippen LogP contribution is -2.46. The number of hydrogen-bond donors (Lipinski definition) is 2. The molecule has 0 heterocycles. The fraction of sp³-hybridized carbons (Fsp3) is 0.462.